The van der Waals surface area contributed by atoms with E-state index in [1.165, 1.54) is 23.1 Å². The van der Waals surface area contributed by atoms with Gasteiger partial charge in [0.05, 0.1) is 16.7 Å². The number of rotatable bonds is 8. The molecule has 0 fully saturated rings. The first-order valence-electron chi connectivity index (χ1n) is 9.58. The normalized spacial score (nSPS) is 14.5. The van der Waals surface area contributed by atoms with Gasteiger partial charge in [-0.3, -0.25) is 19.3 Å². The molecule has 1 aliphatic heterocycles. The number of esters is 1. The second-order valence-corrected chi connectivity index (χ2v) is 7.88. The molecule has 7 nitrogen and oxygen atoms in total. The van der Waals surface area contributed by atoms with Crippen molar-refractivity contribution < 1.29 is 23.9 Å². The van der Waals surface area contributed by atoms with Crippen molar-refractivity contribution in [3.05, 3.63) is 34.9 Å². The van der Waals surface area contributed by atoms with Crippen LogP contribution >= 0.6 is 0 Å². The zero-order valence-corrected chi connectivity index (χ0v) is 17.1. The van der Waals surface area contributed by atoms with Crippen molar-refractivity contribution in [1.29, 1.82) is 0 Å². The van der Waals surface area contributed by atoms with Gasteiger partial charge >= 0.3 is 5.97 Å². The van der Waals surface area contributed by atoms with Crippen LogP contribution in [0.1, 0.15) is 72.1 Å². The Labute approximate surface area is 165 Å². The second kappa shape index (κ2) is 8.99. The fourth-order valence-corrected chi connectivity index (χ4v) is 2.68. The largest absolute Gasteiger partial charge is 0.452 e. The third-order valence-corrected chi connectivity index (χ3v) is 4.86. The summed E-state index contributed by atoms with van der Waals surface area (Å²) in [6.45, 7) is 9.81. The summed E-state index contributed by atoms with van der Waals surface area (Å²) in [7, 11) is 0. The van der Waals surface area contributed by atoms with E-state index in [1.54, 1.807) is 0 Å². The number of carbonyl (C=O) groups is 4. The van der Waals surface area contributed by atoms with Crippen molar-refractivity contribution in [3.8, 4) is 0 Å². The van der Waals surface area contributed by atoms with Gasteiger partial charge < -0.3 is 10.1 Å². The minimum absolute atomic E-state index is 0.0355. The fraction of sp³-hybridized carbons (Fsp3) is 0.524. The zero-order chi connectivity index (χ0) is 21.0. The van der Waals surface area contributed by atoms with Gasteiger partial charge in [-0.1, -0.05) is 27.7 Å². The lowest BCUT2D eigenvalue weighted by atomic mass is 10.1. The summed E-state index contributed by atoms with van der Waals surface area (Å²) >= 11 is 0. The number of carbonyl (C=O) groups excluding carboxylic acids is 4. The summed E-state index contributed by atoms with van der Waals surface area (Å²) in [4.78, 5) is 50.2. The number of ether oxygens (including phenoxy) is 1. The SMILES string of the molecule is CC(C)CCN1C(=O)c2ccc(C(=O)OCC(=O)N[C@@H](C)C(C)C)cc2C1=O. The van der Waals surface area contributed by atoms with Crippen LogP contribution in [0.4, 0.5) is 0 Å². The number of hydrogen-bond acceptors (Lipinski definition) is 5. The van der Waals surface area contributed by atoms with Crippen LogP contribution in [0.15, 0.2) is 18.2 Å². The first kappa shape index (κ1) is 21.6. The molecule has 1 atom stereocenters. The fourth-order valence-electron chi connectivity index (χ4n) is 2.68. The van der Waals surface area contributed by atoms with Crippen LogP contribution in [0.25, 0.3) is 0 Å². The number of imide groups is 1. The highest BCUT2D eigenvalue weighted by molar-refractivity contribution is 6.21. The number of benzene rings is 1. The molecule has 0 saturated heterocycles. The van der Waals surface area contributed by atoms with Crippen LogP contribution in [-0.2, 0) is 9.53 Å². The van der Waals surface area contributed by atoms with Crippen LogP contribution in [0.5, 0.6) is 0 Å². The maximum absolute atomic E-state index is 12.5. The minimum Gasteiger partial charge on any atom is -0.452 e. The standard InChI is InChI=1S/C21H28N2O5/c1-12(2)8-9-23-19(25)16-7-6-15(10-17(16)20(23)26)21(27)28-11-18(24)22-14(5)13(3)4/h6-7,10,12-14H,8-9,11H2,1-5H3,(H,22,24)/t14-/m0/s1. The highest BCUT2D eigenvalue weighted by Gasteiger charge is 2.35. The van der Waals surface area contributed by atoms with E-state index < -0.39 is 18.5 Å². The van der Waals surface area contributed by atoms with Crippen molar-refractivity contribution in [3.63, 3.8) is 0 Å². The first-order valence-corrected chi connectivity index (χ1v) is 9.58. The van der Waals surface area contributed by atoms with E-state index in [-0.39, 0.29) is 40.5 Å². The lowest BCUT2D eigenvalue weighted by Crippen LogP contribution is -2.38. The predicted molar refractivity (Wildman–Crippen MR) is 104 cm³/mol. The Morgan fingerprint density at radius 1 is 1.04 bits per heavy atom. The summed E-state index contributed by atoms with van der Waals surface area (Å²) in [5, 5.41) is 2.75. The third kappa shape index (κ3) is 4.97. The molecule has 1 aliphatic rings. The van der Waals surface area contributed by atoms with Crippen molar-refractivity contribution in [1.82, 2.24) is 10.2 Å². The molecular formula is C21H28N2O5. The number of nitrogens with zero attached hydrogens (tertiary/aromatic N) is 1. The van der Waals surface area contributed by atoms with E-state index in [4.69, 9.17) is 4.74 Å². The zero-order valence-electron chi connectivity index (χ0n) is 17.1. The molecule has 152 valence electrons. The van der Waals surface area contributed by atoms with Crippen LogP contribution in [0.2, 0.25) is 0 Å². The molecule has 0 radical (unpaired) electrons. The average molecular weight is 388 g/mol. The number of nitrogens with one attached hydrogen (secondary N) is 1. The average Bonchev–Trinajstić information content (AvgIpc) is 2.87. The highest BCUT2D eigenvalue weighted by atomic mass is 16.5. The smallest absolute Gasteiger partial charge is 0.338 e. The molecule has 0 spiro atoms. The van der Waals surface area contributed by atoms with Gasteiger partial charge in [0.2, 0.25) is 0 Å². The summed E-state index contributed by atoms with van der Waals surface area (Å²) in [6, 6.07) is 4.23. The van der Waals surface area contributed by atoms with E-state index in [9.17, 15) is 19.2 Å². The topological polar surface area (TPSA) is 92.8 Å². The van der Waals surface area contributed by atoms with E-state index in [2.05, 4.69) is 5.32 Å². The molecule has 0 aliphatic carbocycles. The maximum atomic E-state index is 12.5. The van der Waals surface area contributed by atoms with Crippen LogP contribution in [-0.4, -0.2) is 47.8 Å². The van der Waals surface area contributed by atoms with Gasteiger partial charge in [-0.05, 0) is 43.4 Å². The van der Waals surface area contributed by atoms with Crippen LogP contribution < -0.4 is 5.32 Å². The third-order valence-electron chi connectivity index (χ3n) is 4.86. The van der Waals surface area contributed by atoms with Crippen LogP contribution in [0.3, 0.4) is 0 Å². The van der Waals surface area contributed by atoms with E-state index in [1.807, 2.05) is 34.6 Å². The van der Waals surface area contributed by atoms with Gasteiger partial charge in [0.15, 0.2) is 6.61 Å². The van der Waals surface area contributed by atoms with Gasteiger partial charge in [0.25, 0.3) is 17.7 Å². The van der Waals surface area contributed by atoms with E-state index >= 15 is 0 Å². The minimum atomic E-state index is -0.712. The number of hydrogen-bond donors (Lipinski definition) is 1. The Kier molecular flexibility index (Phi) is 6.94. The van der Waals surface area contributed by atoms with Crippen molar-refractivity contribution in [2.45, 2.75) is 47.1 Å². The molecule has 28 heavy (non-hydrogen) atoms. The first-order chi connectivity index (χ1) is 13.1. The lowest BCUT2D eigenvalue weighted by Gasteiger charge is -2.17. The lowest BCUT2D eigenvalue weighted by molar-refractivity contribution is -0.125. The Bertz CT molecular complexity index is 785. The molecule has 1 heterocycles. The molecule has 0 saturated carbocycles. The monoisotopic (exact) mass is 388 g/mol. The summed E-state index contributed by atoms with van der Waals surface area (Å²) in [6.07, 6.45) is 0.713. The molecule has 1 N–H and O–H groups in total. The van der Waals surface area contributed by atoms with Gasteiger partial charge in [-0.15, -0.1) is 0 Å². The molecule has 1 aromatic rings. The molecule has 3 amide bonds. The van der Waals surface area contributed by atoms with Crippen LogP contribution in [0, 0.1) is 11.8 Å². The van der Waals surface area contributed by atoms with Gasteiger partial charge in [-0.25, -0.2) is 4.79 Å². The summed E-state index contributed by atoms with van der Waals surface area (Å²) < 4.78 is 5.04. The molecule has 0 unspecified atom stereocenters. The molecule has 0 aromatic heterocycles. The molecule has 2 rings (SSSR count). The maximum Gasteiger partial charge on any atom is 0.338 e. The predicted octanol–water partition coefficient (Wildman–Crippen LogP) is 2.65. The van der Waals surface area contributed by atoms with Gasteiger partial charge in [0, 0.05) is 12.6 Å². The van der Waals surface area contributed by atoms with Gasteiger partial charge in [0.1, 0.15) is 0 Å². The Morgan fingerprint density at radius 3 is 2.29 bits per heavy atom. The number of fused-ring (bicyclic) bond motifs is 1. The Morgan fingerprint density at radius 2 is 1.68 bits per heavy atom. The summed E-state index contributed by atoms with van der Waals surface area (Å²) in [5.74, 6) is -1.22. The highest BCUT2D eigenvalue weighted by Crippen LogP contribution is 2.25. The molecule has 0 bridgehead atoms. The molecule has 1 aromatic carbocycles. The Balaban J connectivity index is 2.02. The van der Waals surface area contributed by atoms with E-state index in [0.717, 1.165) is 0 Å². The molecular weight excluding hydrogens is 360 g/mol. The number of amides is 3. The van der Waals surface area contributed by atoms with Crippen molar-refractivity contribution in [2.24, 2.45) is 11.8 Å². The summed E-state index contributed by atoms with van der Waals surface area (Å²) in [5.41, 5.74) is 0.616. The second-order valence-electron chi connectivity index (χ2n) is 7.88. The van der Waals surface area contributed by atoms with Crippen molar-refractivity contribution in [2.75, 3.05) is 13.2 Å². The van der Waals surface area contributed by atoms with Gasteiger partial charge in [-0.2, -0.15) is 0 Å². The quantitative estimate of drug-likeness (QED) is 0.546. The van der Waals surface area contributed by atoms with E-state index in [0.29, 0.717) is 18.9 Å². The van der Waals surface area contributed by atoms with Crippen molar-refractivity contribution >= 4 is 23.7 Å². The Hall–Kier alpha value is -2.70. The molecule has 7 heteroatoms.